The van der Waals surface area contributed by atoms with Crippen LogP contribution in [0.15, 0.2) is 29.4 Å². The fourth-order valence-corrected chi connectivity index (χ4v) is 4.10. The SMILES string of the molecule is CCCSc1nc(N)nc(-c2c(Cl)cc3c4c(cccc24)COC3)n1. The van der Waals surface area contributed by atoms with Crippen molar-refractivity contribution in [2.45, 2.75) is 31.7 Å². The highest BCUT2D eigenvalue weighted by atomic mass is 35.5. The van der Waals surface area contributed by atoms with E-state index in [2.05, 4.69) is 27.9 Å². The zero-order valence-electron chi connectivity index (χ0n) is 13.8. The number of nitrogen functional groups attached to an aromatic ring is 1. The summed E-state index contributed by atoms with van der Waals surface area (Å²) in [6.07, 6.45) is 1.04. The van der Waals surface area contributed by atoms with Crippen molar-refractivity contribution < 1.29 is 4.74 Å². The Kier molecular flexibility index (Phi) is 4.50. The van der Waals surface area contributed by atoms with Gasteiger partial charge < -0.3 is 10.5 Å². The summed E-state index contributed by atoms with van der Waals surface area (Å²) in [4.78, 5) is 13.2. The molecule has 2 aromatic carbocycles. The van der Waals surface area contributed by atoms with Crippen LogP contribution in [0, 0.1) is 0 Å². The highest BCUT2D eigenvalue weighted by Crippen LogP contribution is 2.39. The van der Waals surface area contributed by atoms with Gasteiger partial charge in [0, 0.05) is 11.3 Å². The lowest BCUT2D eigenvalue weighted by Crippen LogP contribution is -2.06. The first-order chi connectivity index (χ1) is 12.2. The standard InChI is InChI=1S/C18H17ClN4OS/c1-2-6-25-18-22-16(21-17(20)23-18)15-12-5-3-4-10-8-24-9-11(14(10)12)7-13(15)19/h3-5,7H,2,6,8-9H2,1H3,(H2,20,21,22,23). The molecule has 0 saturated carbocycles. The number of benzene rings is 2. The second kappa shape index (κ2) is 6.78. The van der Waals surface area contributed by atoms with Crippen LogP contribution in [0.5, 0.6) is 0 Å². The van der Waals surface area contributed by atoms with Crippen molar-refractivity contribution in [2.24, 2.45) is 0 Å². The Morgan fingerprint density at radius 1 is 1.20 bits per heavy atom. The van der Waals surface area contributed by atoms with E-state index in [1.165, 1.54) is 5.39 Å². The van der Waals surface area contributed by atoms with E-state index in [4.69, 9.17) is 22.1 Å². The van der Waals surface area contributed by atoms with Crippen molar-refractivity contribution in [1.29, 1.82) is 0 Å². The van der Waals surface area contributed by atoms with Crippen LogP contribution in [0.4, 0.5) is 5.95 Å². The maximum absolute atomic E-state index is 6.60. The summed E-state index contributed by atoms with van der Waals surface area (Å²) in [5.74, 6) is 1.66. The molecule has 0 fully saturated rings. The van der Waals surface area contributed by atoms with Crippen LogP contribution in [0.3, 0.4) is 0 Å². The number of thioether (sulfide) groups is 1. The van der Waals surface area contributed by atoms with Gasteiger partial charge in [0.15, 0.2) is 11.0 Å². The topological polar surface area (TPSA) is 73.9 Å². The molecular weight excluding hydrogens is 356 g/mol. The first-order valence-corrected chi connectivity index (χ1v) is 9.49. The van der Waals surface area contributed by atoms with Crippen molar-refractivity contribution in [1.82, 2.24) is 15.0 Å². The number of hydrogen-bond acceptors (Lipinski definition) is 6. The number of halogens is 1. The van der Waals surface area contributed by atoms with Crippen molar-refractivity contribution in [3.8, 4) is 11.4 Å². The molecule has 0 aliphatic carbocycles. The molecule has 1 aliphatic heterocycles. The van der Waals surface area contributed by atoms with Gasteiger partial charge in [-0.1, -0.05) is 48.5 Å². The van der Waals surface area contributed by atoms with Crippen molar-refractivity contribution in [3.63, 3.8) is 0 Å². The van der Waals surface area contributed by atoms with Gasteiger partial charge in [-0.05, 0) is 34.4 Å². The fraction of sp³-hybridized carbons (Fsp3) is 0.278. The van der Waals surface area contributed by atoms with Gasteiger partial charge in [0.25, 0.3) is 0 Å². The second-order valence-corrected chi connectivity index (χ2v) is 7.34. The Morgan fingerprint density at radius 2 is 2.04 bits per heavy atom. The summed E-state index contributed by atoms with van der Waals surface area (Å²) in [6, 6.07) is 8.08. The quantitative estimate of drug-likeness (QED) is 0.681. The zero-order chi connectivity index (χ0) is 17.4. The van der Waals surface area contributed by atoms with Crippen LogP contribution in [0.25, 0.3) is 22.2 Å². The summed E-state index contributed by atoms with van der Waals surface area (Å²) in [7, 11) is 0. The maximum Gasteiger partial charge on any atom is 0.224 e. The van der Waals surface area contributed by atoms with E-state index in [0.717, 1.165) is 34.3 Å². The molecule has 5 nitrogen and oxygen atoms in total. The lowest BCUT2D eigenvalue weighted by Gasteiger charge is -2.20. The van der Waals surface area contributed by atoms with Gasteiger partial charge in [-0.2, -0.15) is 9.97 Å². The molecule has 0 amide bonds. The van der Waals surface area contributed by atoms with E-state index < -0.39 is 0 Å². The van der Waals surface area contributed by atoms with Gasteiger partial charge in [-0.25, -0.2) is 4.98 Å². The number of aromatic nitrogens is 3. The van der Waals surface area contributed by atoms with E-state index in [0.29, 0.717) is 29.2 Å². The molecule has 0 spiro atoms. The third-order valence-corrected chi connectivity index (χ3v) is 5.44. The third-order valence-electron chi connectivity index (χ3n) is 4.09. The molecule has 25 heavy (non-hydrogen) atoms. The monoisotopic (exact) mass is 372 g/mol. The molecule has 3 aromatic rings. The predicted octanol–water partition coefficient (Wildman–Crippen LogP) is 4.46. The summed E-state index contributed by atoms with van der Waals surface area (Å²) >= 11 is 8.17. The van der Waals surface area contributed by atoms with Crippen LogP contribution < -0.4 is 5.73 Å². The molecule has 4 rings (SSSR count). The van der Waals surface area contributed by atoms with Crippen LogP contribution in [0.1, 0.15) is 24.5 Å². The van der Waals surface area contributed by atoms with E-state index >= 15 is 0 Å². The third kappa shape index (κ3) is 3.05. The van der Waals surface area contributed by atoms with Gasteiger partial charge in [0.05, 0.1) is 18.2 Å². The first-order valence-electron chi connectivity index (χ1n) is 8.13. The van der Waals surface area contributed by atoms with Gasteiger partial charge in [-0.15, -0.1) is 0 Å². The number of nitrogens with two attached hydrogens (primary N) is 1. The van der Waals surface area contributed by atoms with E-state index in [-0.39, 0.29) is 5.95 Å². The maximum atomic E-state index is 6.60. The molecule has 2 N–H and O–H groups in total. The highest BCUT2D eigenvalue weighted by Gasteiger charge is 2.20. The van der Waals surface area contributed by atoms with Gasteiger partial charge in [0.1, 0.15) is 0 Å². The van der Waals surface area contributed by atoms with Gasteiger partial charge in [-0.3, -0.25) is 0 Å². The first kappa shape index (κ1) is 16.6. The smallest absolute Gasteiger partial charge is 0.224 e. The largest absolute Gasteiger partial charge is 0.372 e. The Morgan fingerprint density at radius 3 is 2.88 bits per heavy atom. The minimum absolute atomic E-state index is 0.212. The molecule has 0 atom stereocenters. The van der Waals surface area contributed by atoms with Crippen molar-refractivity contribution >= 4 is 40.1 Å². The second-order valence-electron chi connectivity index (χ2n) is 5.87. The molecule has 1 aliphatic rings. The van der Waals surface area contributed by atoms with E-state index in [1.807, 2.05) is 18.2 Å². The zero-order valence-corrected chi connectivity index (χ0v) is 15.3. The number of hydrogen-bond donors (Lipinski definition) is 1. The van der Waals surface area contributed by atoms with Crippen LogP contribution in [-0.4, -0.2) is 20.7 Å². The fourth-order valence-electron chi connectivity index (χ4n) is 3.09. The summed E-state index contributed by atoms with van der Waals surface area (Å²) in [5.41, 5.74) is 8.97. The molecule has 1 aromatic heterocycles. The van der Waals surface area contributed by atoms with Crippen molar-refractivity contribution in [3.05, 3.63) is 40.4 Å². The summed E-state index contributed by atoms with van der Waals surface area (Å²) < 4.78 is 5.65. The molecule has 0 bridgehead atoms. The average molecular weight is 373 g/mol. The lowest BCUT2D eigenvalue weighted by molar-refractivity contribution is 0.103. The summed E-state index contributed by atoms with van der Waals surface area (Å²) in [5, 5.41) is 3.43. The highest BCUT2D eigenvalue weighted by molar-refractivity contribution is 7.99. The molecule has 7 heteroatoms. The molecule has 0 radical (unpaired) electrons. The number of rotatable bonds is 4. The normalized spacial score (nSPS) is 13.4. The van der Waals surface area contributed by atoms with Crippen LogP contribution >= 0.6 is 23.4 Å². The van der Waals surface area contributed by atoms with Gasteiger partial charge in [0.2, 0.25) is 5.95 Å². The Bertz CT molecular complexity index is 963. The Balaban J connectivity index is 1.95. The molecular formula is C18H17ClN4OS. The van der Waals surface area contributed by atoms with E-state index in [1.54, 1.807) is 11.8 Å². The lowest BCUT2D eigenvalue weighted by atomic mass is 9.94. The van der Waals surface area contributed by atoms with Crippen LogP contribution in [-0.2, 0) is 18.0 Å². The Hall–Kier alpha value is -1.89. The minimum atomic E-state index is 0.212. The Labute approximate surface area is 155 Å². The number of ether oxygens (including phenoxy) is 1. The molecule has 2 heterocycles. The molecule has 128 valence electrons. The summed E-state index contributed by atoms with van der Waals surface area (Å²) in [6.45, 7) is 3.27. The molecule has 0 saturated heterocycles. The molecule has 0 unspecified atom stereocenters. The van der Waals surface area contributed by atoms with Crippen LogP contribution in [0.2, 0.25) is 5.02 Å². The number of nitrogens with zero attached hydrogens (tertiary/aromatic N) is 3. The number of anilines is 1. The van der Waals surface area contributed by atoms with E-state index in [9.17, 15) is 0 Å². The minimum Gasteiger partial charge on any atom is -0.372 e. The van der Waals surface area contributed by atoms with Crippen molar-refractivity contribution in [2.75, 3.05) is 11.5 Å². The average Bonchev–Trinajstić information content (AvgIpc) is 2.60. The predicted molar refractivity (Wildman–Crippen MR) is 102 cm³/mol. The van der Waals surface area contributed by atoms with Gasteiger partial charge >= 0.3 is 0 Å².